The molecule has 3 rings (SSSR count). The van der Waals surface area contributed by atoms with E-state index in [9.17, 15) is 19.0 Å². The van der Waals surface area contributed by atoms with Crippen molar-refractivity contribution in [2.45, 2.75) is 24.9 Å². The van der Waals surface area contributed by atoms with Crippen molar-refractivity contribution >= 4 is 33.7 Å². The SMILES string of the molecule is CC(C)c1cc(-c2nnc(S(=O)O)n2-c2ccc(I)cc2)c(O)cc1O. The number of phenolic OH excluding ortho intramolecular Hbond substituents is 2. The van der Waals surface area contributed by atoms with E-state index in [4.69, 9.17) is 0 Å². The van der Waals surface area contributed by atoms with Crippen molar-refractivity contribution < 1.29 is 19.0 Å². The normalized spacial score (nSPS) is 12.5. The monoisotopic (exact) mass is 485 g/mol. The van der Waals surface area contributed by atoms with E-state index in [1.807, 2.05) is 26.0 Å². The van der Waals surface area contributed by atoms with E-state index >= 15 is 0 Å². The molecule has 1 aromatic heterocycles. The van der Waals surface area contributed by atoms with Gasteiger partial charge in [0, 0.05) is 15.3 Å². The van der Waals surface area contributed by atoms with Crippen LogP contribution in [0.5, 0.6) is 11.5 Å². The standard InChI is InChI=1S/C17H16IN3O4S/c1-9(2)12-7-13(15(23)8-14(12)22)16-19-20-17(26(24)25)21(16)11-5-3-10(18)4-6-11/h3-9,22-23H,1-2H3,(H,24,25). The maximum atomic E-state index is 11.7. The molecule has 0 spiro atoms. The van der Waals surface area contributed by atoms with Gasteiger partial charge < -0.3 is 10.2 Å². The molecule has 9 heteroatoms. The Labute approximate surface area is 166 Å². The summed E-state index contributed by atoms with van der Waals surface area (Å²) in [7, 11) is 0. The Hall–Kier alpha value is -1.98. The number of benzene rings is 2. The van der Waals surface area contributed by atoms with Crippen molar-refractivity contribution in [2.75, 3.05) is 0 Å². The van der Waals surface area contributed by atoms with Gasteiger partial charge in [-0.1, -0.05) is 13.8 Å². The number of hydrogen-bond acceptors (Lipinski definition) is 5. The van der Waals surface area contributed by atoms with Crippen molar-refractivity contribution in [1.29, 1.82) is 0 Å². The summed E-state index contributed by atoms with van der Waals surface area (Å²) in [6.45, 7) is 3.82. The fourth-order valence-corrected chi connectivity index (χ4v) is 3.43. The van der Waals surface area contributed by atoms with Crippen LogP contribution >= 0.6 is 22.6 Å². The summed E-state index contributed by atoms with van der Waals surface area (Å²) < 4.78 is 23.7. The van der Waals surface area contributed by atoms with Crippen LogP contribution in [0.2, 0.25) is 0 Å². The molecule has 2 aromatic carbocycles. The van der Waals surface area contributed by atoms with Gasteiger partial charge in [0.15, 0.2) is 5.82 Å². The van der Waals surface area contributed by atoms with Gasteiger partial charge in [-0.05, 0) is 64.4 Å². The largest absolute Gasteiger partial charge is 0.508 e. The first-order valence-electron chi connectivity index (χ1n) is 7.68. The number of aromatic hydroxyl groups is 2. The van der Waals surface area contributed by atoms with Crippen LogP contribution in [0.15, 0.2) is 41.6 Å². The Morgan fingerprint density at radius 3 is 2.31 bits per heavy atom. The second kappa shape index (κ2) is 7.33. The van der Waals surface area contributed by atoms with Crippen molar-refractivity contribution in [3.63, 3.8) is 0 Å². The quantitative estimate of drug-likeness (QED) is 0.385. The lowest BCUT2D eigenvalue weighted by molar-refractivity contribution is 0.444. The van der Waals surface area contributed by atoms with E-state index in [0.717, 1.165) is 3.57 Å². The Morgan fingerprint density at radius 1 is 1.08 bits per heavy atom. The highest BCUT2D eigenvalue weighted by atomic mass is 127. The zero-order chi connectivity index (χ0) is 19.0. The summed E-state index contributed by atoms with van der Waals surface area (Å²) in [5, 5.41) is 28.1. The molecule has 1 atom stereocenters. The number of rotatable bonds is 4. The molecule has 136 valence electrons. The van der Waals surface area contributed by atoms with E-state index in [-0.39, 0.29) is 28.4 Å². The molecular weight excluding hydrogens is 469 g/mol. The lowest BCUT2D eigenvalue weighted by Gasteiger charge is -2.14. The molecule has 0 fully saturated rings. The fourth-order valence-electron chi connectivity index (χ4n) is 2.62. The summed E-state index contributed by atoms with van der Waals surface area (Å²) in [6.07, 6.45) is 0. The Morgan fingerprint density at radius 2 is 1.73 bits per heavy atom. The maximum absolute atomic E-state index is 11.7. The summed E-state index contributed by atoms with van der Waals surface area (Å²) in [5.41, 5.74) is 1.53. The molecule has 7 nitrogen and oxygen atoms in total. The van der Waals surface area contributed by atoms with Crippen LogP contribution in [0.3, 0.4) is 0 Å². The van der Waals surface area contributed by atoms with Crippen LogP contribution in [-0.4, -0.2) is 33.7 Å². The van der Waals surface area contributed by atoms with Crippen molar-refractivity contribution in [3.8, 4) is 28.6 Å². The van der Waals surface area contributed by atoms with Gasteiger partial charge in [0.05, 0.1) is 5.56 Å². The van der Waals surface area contributed by atoms with E-state index in [1.165, 1.54) is 10.6 Å². The van der Waals surface area contributed by atoms with Crippen LogP contribution in [-0.2, 0) is 11.1 Å². The van der Waals surface area contributed by atoms with Gasteiger partial charge in [0.25, 0.3) is 5.16 Å². The second-order valence-electron chi connectivity index (χ2n) is 5.95. The van der Waals surface area contributed by atoms with Crippen LogP contribution in [0, 0.1) is 3.57 Å². The third-order valence-corrected chi connectivity index (χ3v) is 5.18. The minimum absolute atomic E-state index is 0.00969. The highest BCUT2D eigenvalue weighted by molar-refractivity contribution is 14.1. The Kier molecular flexibility index (Phi) is 5.30. The molecule has 1 unspecified atom stereocenters. The molecule has 0 amide bonds. The highest BCUT2D eigenvalue weighted by Crippen LogP contribution is 2.38. The van der Waals surface area contributed by atoms with Gasteiger partial charge in [-0.25, -0.2) is 4.21 Å². The average molecular weight is 485 g/mol. The van der Waals surface area contributed by atoms with Crippen LogP contribution in [0.4, 0.5) is 0 Å². The summed E-state index contributed by atoms with van der Waals surface area (Å²) in [6, 6.07) is 10.1. The smallest absolute Gasteiger partial charge is 0.254 e. The van der Waals surface area contributed by atoms with Gasteiger partial charge in [-0.3, -0.25) is 9.12 Å². The molecule has 26 heavy (non-hydrogen) atoms. The van der Waals surface area contributed by atoms with Crippen LogP contribution in [0.1, 0.15) is 25.3 Å². The lowest BCUT2D eigenvalue weighted by Crippen LogP contribution is -2.05. The van der Waals surface area contributed by atoms with Crippen molar-refractivity contribution in [2.24, 2.45) is 0 Å². The Balaban J connectivity index is 2.29. The van der Waals surface area contributed by atoms with E-state index in [0.29, 0.717) is 16.8 Å². The van der Waals surface area contributed by atoms with E-state index in [2.05, 4.69) is 32.8 Å². The molecule has 0 radical (unpaired) electrons. The first kappa shape index (κ1) is 18.8. The minimum atomic E-state index is -2.37. The van der Waals surface area contributed by atoms with Gasteiger partial charge in [-0.2, -0.15) is 0 Å². The zero-order valence-electron chi connectivity index (χ0n) is 13.9. The second-order valence-corrected chi connectivity index (χ2v) is 8.06. The number of phenols is 2. The third kappa shape index (κ3) is 3.46. The van der Waals surface area contributed by atoms with Gasteiger partial charge in [0.1, 0.15) is 11.5 Å². The summed E-state index contributed by atoms with van der Waals surface area (Å²) >= 11 is -0.209. The first-order valence-corrected chi connectivity index (χ1v) is 9.86. The Bertz CT molecular complexity index is 986. The maximum Gasteiger partial charge on any atom is 0.254 e. The summed E-state index contributed by atoms with van der Waals surface area (Å²) in [5.74, 6) is 0.00681. The topological polar surface area (TPSA) is 108 Å². The molecule has 0 aliphatic carbocycles. The fraction of sp³-hybridized carbons (Fsp3) is 0.176. The molecule has 0 bridgehead atoms. The van der Waals surface area contributed by atoms with Crippen molar-refractivity contribution in [3.05, 3.63) is 45.5 Å². The molecule has 3 N–H and O–H groups in total. The van der Waals surface area contributed by atoms with Gasteiger partial charge in [-0.15, -0.1) is 10.2 Å². The van der Waals surface area contributed by atoms with Crippen LogP contribution < -0.4 is 0 Å². The van der Waals surface area contributed by atoms with Gasteiger partial charge in [0.2, 0.25) is 11.1 Å². The molecule has 0 saturated heterocycles. The highest BCUT2D eigenvalue weighted by Gasteiger charge is 2.23. The molecule has 3 aromatic rings. The average Bonchev–Trinajstić information content (AvgIpc) is 3.00. The van der Waals surface area contributed by atoms with Crippen LogP contribution in [0.25, 0.3) is 17.1 Å². The predicted octanol–water partition coefficient (Wildman–Crippen LogP) is 3.65. The molecule has 0 aliphatic heterocycles. The molecular formula is C17H16IN3O4S. The third-order valence-electron chi connectivity index (χ3n) is 3.88. The zero-order valence-corrected chi connectivity index (χ0v) is 16.9. The lowest BCUT2D eigenvalue weighted by atomic mass is 9.98. The molecule has 0 saturated carbocycles. The van der Waals surface area contributed by atoms with Gasteiger partial charge >= 0.3 is 0 Å². The predicted molar refractivity (Wildman–Crippen MR) is 106 cm³/mol. The molecule has 0 aliphatic rings. The number of nitrogens with zero attached hydrogens (tertiary/aromatic N) is 3. The van der Waals surface area contributed by atoms with Crippen molar-refractivity contribution in [1.82, 2.24) is 14.8 Å². The number of hydrogen-bond donors (Lipinski definition) is 3. The number of halogens is 1. The first-order chi connectivity index (χ1) is 12.3. The van der Waals surface area contributed by atoms with E-state index in [1.54, 1.807) is 18.2 Å². The number of aromatic nitrogens is 3. The van der Waals surface area contributed by atoms with E-state index < -0.39 is 11.1 Å². The molecule has 1 heterocycles. The summed E-state index contributed by atoms with van der Waals surface area (Å²) in [4.78, 5) is 0. The minimum Gasteiger partial charge on any atom is -0.508 e.